The Morgan fingerprint density at radius 1 is 1.56 bits per heavy atom. The summed E-state index contributed by atoms with van der Waals surface area (Å²) in [5.41, 5.74) is 2.41. The van der Waals surface area contributed by atoms with Gasteiger partial charge in [0.25, 0.3) is 0 Å². The quantitative estimate of drug-likeness (QED) is 0.515. The van der Waals surface area contributed by atoms with Crippen LogP contribution in [0, 0.1) is 6.92 Å². The lowest BCUT2D eigenvalue weighted by Gasteiger charge is -2.04. The van der Waals surface area contributed by atoms with Crippen molar-refractivity contribution >= 4 is 33.6 Å². The number of hydrazine groups is 1. The Morgan fingerprint density at radius 3 is 3.00 bits per heavy atom. The molecule has 7 heteroatoms. The summed E-state index contributed by atoms with van der Waals surface area (Å²) < 4.78 is 6.03. The third-order valence-electron chi connectivity index (χ3n) is 1.86. The van der Waals surface area contributed by atoms with E-state index >= 15 is 0 Å². The summed E-state index contributed by atoms with van der Waals surface area (Å²) in [6.07, 6.45) is 3.30. The molecule has 3 N–H and O–H groups in total. The van der Waals surface area contributed by atoms with E-state index in [1.165, 1.54) is 11.8 Å². The average Bonchev–Trinajstić information content (AvgIpc) is 2.68. The first-order chi connectivity index (χ1) is 7.70. The van der Waals surface area contributed by atoms with E-state index in [-0.39, 0.29) is 0 Å². The van der Waals surface area contributed by atoms with Gasteiger partial charge in [-0.25, -0.2) is 15.8 Å². The Labute approximate surface area is 105 Å². The van der Waals surface area contributed by atoms with E-state index < -0.39 is 0 Å². The maximum Gasteiger partial charge on any atom is 0.238 e. The second-order valence-electron chi connectivity index (χ2n) is 2.93. The third kappa shape index (κ3) is 2.37. The number of aryl methyl sites for hydroxylation is 1. The van der Waals surface area contributed by atoms with Crippen molar-refractivity contribution in [1.82, 2.24) is 9.97 Å². The molecule has 0 amide bonds. The van der Waals surface area contributed by atoms with E-state index in [4.69, 9.17) is 10.3 Å². The zero-order chi connectivity index (χ0) is 11.5. The summed E-state index contributed by atoms with van der Waals surface area (Å²) in [5, 5.41) is 0.785. The molecular formula is C9H9BrN4OS. The second-order valence-corrected chi connectivity index (χ2v) is 4.82. The number of nitrogens with two attached hydrogens (primary N) is 1. The molecule has 0 spiro atoms. The molecule has 84 valence electrons. The van der Waals surface area contributed by atoms with E-state index in [1.807, 2.05) is 13.0 Å². The van der Waals surface area contributed by atoms with Crippen molar-refractivity contribution in [3.8, 4) is 0 Å². The fourth-order valence-electron chi connectivity index (χ4n) is 1.08. The minimum absolute atomic E-state index is 0.381. The molecule has 2 rings (SSSR count). The van der Waals surface area contributed by atoms with E-state index in [2.05, 4.69) is 31.3 Å². The lowest BCUT2D eigenvalue weighted by molar-refractivity contribution is 0.527. The third-order valence-corrected chi connectivity index (χ3v) is 3.85. The standard InChI is InChI=1S/C9H9BrN4OS/c1-5-7(2-3-15-5)16-8-6(10)4-12-9(13-8)14-11/h2-4H,11H2,1H3,(H,12,13,14). The van der Waals surface area contributed by atoms with Crippen molar-refractivity contribution in [2.75, 3.05) is 5.43 Å². The van der Waals surface area contributed by atoms with Crippen molar-refractivity contribution in [2.45, 2.75) is 16.8 Å². The molecule has 0 unspecified atom stereocenters. The molecule has 2 heterocycles. The van der Waals surface area contributed by atoms with Crippen LogP contribution >= 0.6 is 27.7 Å². The number of hydrogen-bond donors (Lipinski definition) is 2. The predicted molar refractivity (Wildman–Crippen MR) is 65.1 cm³/mol. The Bertz CT molecular complexity index is 502. The lowest BCUT2D eigenvalue weighted by atomic mass is 10.5. The highest BCUT2D eigenvalue weighted by Gasteiger charge is 2.09. The van der Waals surface area contributed by atoms with Gasteiger partial charge in [-0.2, -0.15) is 0 Å². The zero-order valence-electron chi connectivity index (χ0n) is 8.40. The number of furan rings is 1. The van der Waals surface area contributed by atoms with Crippen molar-refractivity contribution in [3.05, 3.63) is 28.8 Å². The van der Waals surface area contributed by atoms with E-state index in [1.54, 1.807) is 12.5 Å². The molecule has 0 bridgehead atoms. The molecule has 0 aromatic carbocycles. The molecule has 2 aromatic heterocycles. The summed E-state index contributed by atoms with van der Waals surface area (Å²) in [4.78, 5) is 9.23. The van der Waals surface area contributed by atoms with Gasteiger partial charge in [0.05, 0.1) is 15.6 Å². The van der Waals surface area contributed by atoms with Crippen LogP contribution in [0.1, 0.15) is 5.76 Å². The molecule has 16 heavy (non-hydrogen) atoms. The summed E-state index contributed by atoms with van der Waals surface area (Å²) in [5.74, 6) is 6.49. The van der Waals surface area contributed by atoms with Crippen molar-refractivity contribution in [1.29, 1.82) is 0 Å². The van der Waals surface area contributed by atoms with E-state index in [0.717, 1.165) is 20.2 Å². The molecule has 0 aliphatic heterocycles. The first-order valence-corrected chi connectivity index (χ1v) is 6.02. The van der Waals surface area contributed by atoms with Crippen LogP contribution < -0.4 is 11.3 Å². The van der Waals surface area contributed by atoms with Crippen LogP contribution in [0.2, 0.25) is 0 Å². The summed E-state index contributed by atoms with van der Waals surface area (Å²) in [7, 11) is 0. The van der Waals surface area contributed by atoms with Gasteiger partial charge in [-0.3, -0.25) is 5.43 Å². The van der Waals surface area contributed by atoms with Crippen LogP contribution in [0.3, 0.4) is 0 Å². The van der Waals surface area contributed by atoms with Gasteiger partial charge < -0.3 is 4.42 Å². The molecule has 0 fully saturated rings. The maximum atomic E-state index is 5.25. The van der Waals surface area contributed by atoms with Crippen LogP contribution in [-0.2, 0) is 0 Å². The zero-order valence-corrected chi connectivity index (χ0v) is 10.8. The normalized spacial score (nSPS) is 10.4. The molecule has 2 aromatic rings. The number of nitrogens with one attached hydrogen (secondary N) is 1. The summed E-state index contributed by atoms with van der Waals surface area (Å²) in [6.45, 7) is 1.90. The van der Waals surface area contributed by atoms with Gasteiger partial charge in [-0.05, 0) is 28.9 Å². The van der Waals surface area contributed by atoms with Crippen LogP contribution in [-0.4, -0.2) is 9.97 Å². The summed E-state index contributed by atoms with van der Waals surface area (Å²) in [6, 6.07) is 1.89. The lowest BCUT2D eigenvalue weighted by Crippen LogP contribution is -2.10. The molecular weight excluding hydrogens is 292 g/mol. The first kappa shape index (κ1) is 11.4. The molecule has 0 saturated carbocycles. The fraction of sp³-hybridized carbons (Fsp3) is 0.111. The number of rotatable bonds is 3. The molecule has 5 nitrogen and oxygen atoms in total. The number of anilines is 1. The number of nitrogen functional groups attached to an aromatic ring is 1. The molecule has 0 saturated heterocycles. The van der Waals surface area contributed by atoms with Gasteiger partial charge in [0.1, 0.15) is 10.8 Å². The molecule has 0 aliphatic rings. The minimum Gasteiger partial charge on any atom is -0.468 e. The summed E-state index contributed by atoms with van der Waals surface area (Å²) >= 11 is 4.87. The van der Waals surface area contributed by atoms with Crippen molar-refractivity contribution in [2.24, 2.45) is 5.84 Å². The highest BCUT2D eigenvalue weighted by molar-refractivity contribution is 9.10. The number of halogens is 1. The SMILES string of the molecule is Cc1occc1Sc1nc(NN)ncc1Br. The topological polar surface area (TPSA) is 77.0 Å². The molecule has 0 aliphatic carbocycles. The van der Waals surface area contributed by atoms with Crippen molar-refractivity contribution in [3.63, 3.8) is 0 Å². The Kier molecular flexibility index (Phi) is 3.47. The number of hydrogen-bond acceptors (Lipinski definition) is 6. The van der Waals surface area contributed by atoms with Crippen LogP contribution in [0.15, 0.2) is 37.3 Å². The van der Waals surface area contributed by atoms with Crippen LogP contribution in [0.4, 0.5) is 5.95 Å². The molecule has 0 radical (unpaired) electrons. The van der Waals surface area contributed by atoms with E-state index in [9.17, 15) is 0 Å². The van der Waals surface area contributed by atoms with E-state index in [0.29, 0.717) is 5.95 Å². The van der Waals surface area contributed by atoms with Crippen LogP contribution in [0.25, 0.3) is 0 Å². The van der Waals surface area contributed by atoms with Crippen molar-refractivity contribution < 1.29 is 4.42 Å². The van der Waals surface area contributed by atoms with Gasteiger partial charge in [-0.15, -0.1) is 0 Å². The second kappa shape index (κ2) is 4.86. The maximum absolute atomic E-state index is 5.25. The number of nitrogens with zero attached hydrogens (tertiary/aromatic N) is 2. The Balaban J connectivity index is 2.30. The van der Waals surface area contributed by atoms with Gasteiger partial charge in [0.15, 0.2) is 0 Å². The van der Waals surface area contributed by atoms with Gasteiger partial charge in [0, 0.05) is 6.20 Å². The minimum atomic E-state index is 0.381. The fourth-order valence-corrected chi connectivity index (χ4v) is 2.32. The monoisotopic (exact) mass is 300 g/mol. The van der Waals surface area contributed by atoms with Gasteiger partial charge in [-0.1, -0.05) is 11.8 Å². The first-order valence-electron chi connectivity index (χ1n) is 4.42. The predicted octanol–water partition coefficient (Wildman–Crippen LogP) is 2.58. The molecule has 0 atom stereocenters. The van der Waals surface area contributed by atoms with Gasteiger partial charge in [0.2, 0.25) is 5.95 Å². The smallest absolute Gasteiger partial charge is 0.238 e. The number of aromatic nitrogens is 2. The highest BCUT2D eigenvalue weighted by atomic mass is 79.9. The van der Waals surface area contributed by atoms with Crippen LogP contribution in [0.5, 0.6) is 0 Å². The Morgan fingerprint density at radius 2 is 2.38 bits per heavy atom. The van der Waals surface area contributed by atoms with Gasteiger partial charge >= 0.3 is 0 Å². The Hall–Kier alpha value is -1.05. The average molecular weight is 301 g/mol. The highest BCUT2D eigenvalue weighted by Crippen LogP contribution is 2.34. The largest absolute Gasteiger partial charge is 0.468 e.